The normalized spacial score (nSPS) is 12.8. The Labute approximate surface area is 157 Å². The van der Waals surface area contributed by atoms with Crippen LogP contribution in [0.15, 0.2) is 48.7 Å². The second kappa shape index (κ2) is 5.80. The van der Waals surface area contributed by atoms with Gasteiger partial charge in [0.1, 0.15) is 0 Å². The molecule has 3 rings (SSSR count). The molecule has 1 N–H and O–H groups in total. The number of hydrogen-bond donors (Lipinski definition) is 1. The van der Waals surface area contributed by atoms with Gasteiger partial charge in [0.05, 0.1) is 5.54 Å². The molecule has 24 heavy (non-hydrogen) atoms. The Morgan fingerprint density at radius 1 is 0.875 bits per heavy atom. The van der Waals surface area contributed by atoms with Crippen molar-refractivity contribution in [2.45, 2.75) is 45.6 Å². The van der Waals surface area contributed by atoms with Crippen LogP contribution in [-0.2, 0) is 11.0 Å². The van der Waals surface area contributed by atoms with Crippen LogP contribution in [-0.4, -0.2) is 9.67 Å². The Morgan fingerprint density at radius 2 is 1.50 bits per heavy atom. The van der Waals surface area contributed by atoms with Crippen molar-refractivity contribution in [3.8, 4) is 5.88 Å². The van der Waals surface area contributed by atoms with E-state index in [4.69, 9.17) is 0 Å². The minimum absolute atomic E-state index is 0.0532. The van der Waals surface area contributed by atoms with Gasteiger partial charge in [-0.1, -0.05) is 51.1 Å². The Hall–Kier alpha value is -1.49. The maximum atomic E-state index is 11.0. The van der Waals surface area contributed by atoms with Gasteiger partial charge in [0, 0.05) is 20.5 Å². The van der Waals surface area contributed by atoms with Gasteiger partial charge in [-0.2, -0.15) is 0 Å². The monoisotopic (exact) mass is 433 g/mol. The number of nitrogens with zero attached hydrogens (tertiary/aromatic N) is 1. The molecule has 0 saturated carbocycles. The topological polar surface area (TPSA) is 25.2 Å². The smallest absolute Gasteiger partial charge is 0.199 e. The largest absolute Gasteiger partial charge is 0.494 e. The van der Waals surface area contributed by atoms with E-state index in [2.05, 4.69) is 87.7 Å². The molecule has 0 aliphatic heterocycles. The minimum Gasteiger partial charge on any atom is -0.494 e. The van der Waals surface area contributed by atoms with Gasteiger partial charge in [-0.3, -0.25) is 0 Å². The number of rotatable bonds is 2. The van der Waals surface area contributed by atoms with Crippen molar-refractivity contribution < 1.29 is 5.11 Å². The van der Waals surface area contributed by atoms with Gasteiger partial charge < -0.3 is 9.67 Å². The standard InChI is InChI=1S/C21H24INO/c1-20(2,3)15-11-16-17(18(22)12-15)13-23(19(16)24)21(4,5)14-9-7-6-8-10-14/h6-13,24H,1-5H3. The summed E-state index contributed by atoms with van der Waals surface area (Å²) in [5.74, 6) is 0.336. The minimum atomic E-state index is -0.324. The fourth-order valence-corrected chi connectivity index (χ4v) is 3.86. The highest BCUT2D eigenvalue weighted by Gasteiger charge is 2.27. The molecule has 3 heteroatoms. The summed E-state index contributed by atoms with van der Waals surface area (Å²) < 4.78 is 3.16. The zero-order valence-corrected chi connectivity index (χ0v) is 17.0. The predicted molar refractivity (Wildman–Crippen MR) is 110 cm³/mol. The Kier molecular flexibility index (Phi) is 4.19. The molecule has 0 fully saturated rings. The third-order valence-corrected chi connectivity index (χ3v) is 5.70. The van der Waals surface area contributed by atoms with Crippen LogP contribution >= 0.6 is 22.6 Å². The van der Waals surface area contributed by atoms with Gasteiger partial charge >= 0.3 is 0 Å². The molecule has 0 spiro atoms. The molecule has 2 aromatic carbocycles. The first kappa shape index (κ1) is 17.3. The summed E-state index contributed by atoms with van der Waals surface area (Å²) in [7, 11) is 0. The van der Waals surface area contributed by atoms with Crippen LogP contribution in [0.2, 0.25) is 0 Å². The van der Waals surface area contributed by atoms with Crippen molar-refractivity contribution in [2.24, 2.45) is 0 Å². The second-order valence-electron chi connectivity index (χ2n) is 7.92. The lowest BCUT2D eigenvalue weighted by atomic mass is 9.86. The summed E-state index contributed by atoms with van der Waals surface area (Å²) >= 11 is 2.37. The van der Waals surface area contributed by atoms with E-state index in [0.717, 1.165) is 10.8 Å². The molecule has 1 aromatic heterocycles. The molecule has 0 radical (unpaired) electrons. The first-order chi connectivity index (χ1) is 11.1. The number of fused-ring (bicyclic) bond motifs is 1. The van der Waals surface area contributed by atoms with Gasteiger partial charge in [0.2, 0.25) is 0 Å². The molecular weight excluding hydrogens is 409 g/mol. The molecule has 0 aliphatic carbocycles. The van der Waals surface area contributed by atoms with Crippen LogP contribution in [0.4, 0.5) is 0 Å². The zero-order valence-electron chi connectivity index (χ0n) is 14.9. The summed E-state index contributed by atoms with van der Waals surface area (Å²) in [5, 5.41) is 13.0. The lowest BCUT2D eigenvalue weighted by molar-refractivity contribution is 0.350. The maximum absolute atomic E-state index is 11.0. The van der Waals surface area contributed by atoms with Gasteiger partial charge in [-0.25, -0.2) is 0 Å². The third kappa shape index (κ3) is 2.83. The number of aromatic nitrogens is 1. The van der Waals surface area contributed by atoms with Crippen molar-refractivity contribution in [1.82, 2.24) is 4.57 Å². The molecule has 0 atom stereocenters. The first-order valence-corrected chi connectivity index (χ1v) is 9.30. The molecule has 0 bridgehead atoms. The van der Waals surface area contributed by atoms with Crippen LogP contribution < -0.4 is 0 Å². The van der Waals surface area contributed by atoms with E-state index in [-0.39, 0.29) is 11.0 Å². The van der Waals surface area contributed by atoms with Gasteiger partial charge in [0.25, 0.3) is 0 Å². The maximum Gasteiger partial charge on any atom is 0.199 e. The molecule has 0 amide bonds. The van der Waals surface area contributed by atoms with Crippen molar-refractivity contribution in [3.05, 3.63) is 63.4 Å². The van der Waals surface area contributed by atoms with E-state index in [1.165, 1.54) is 14.7 Å². The average molecular weight is 433 g/mol. The highest BCUT2D eigenvalue weighted by molar-refractivity contribution is 14.1. The molecule has 0 unspecified atom stereocenters. The molecule has 126 valence electrons. The van der Waals surface area contributed by atoms with Crippen LogP contribution in [0, 0.1) is 3.57 Å². The fraction of sp³-hybridized carbons (Fsp3) is 0.333. The number of hydrogen-bond acceptors (Lipinski definition) is 1. The summed E-state index contributed by atoms with van der Waals surface area (Å²) in [6.07, 6.45) is 2.08. The summed E-state index contributed by atoms with van der Waals surface area (Å²) in [6, 6.07) is 14.7. The Morgan fingerprint density at radius 3 is 2.08 bits per heavy atom. The highest BCUT2D eigenvalue weighted by atomic mass is 127. The molecule has 1 heterocycles. The lowest BCUT2D eigenvalue weighted by Crippen LogP contribution is -2.26. The van der Waals surface area contributed by atoms with Crippen molar-refractivity contribution in [3.63, 3.8) is 0 Å². The number of aromatic hydroxyl groups is 1. The van der Waals surface area contributed by atoms with Crippen LogP contribution in [0.1, 0.15) is 45.7 Å². The third-order valence-electron chi connectivity index (χ3n) is 4.81. The number of halogens is 1. The van der Waals surface area contributed by atoms with E-state index >= 15 is 0 Å². The molecule has 0 saturated heterocycles. The van der Waals surface area contributed by atoms with Gasteiger partial charge in [-0.15, -0.1) is 0 Å². The second-order valence-corrected chi connectivity index (χ2v) is 9.08. The summed E-state index contributed by atoms with van der Waals surface area (Å²) in [5.41, 5.74) is 2.14. The van der Waals surface area contributed by atoms with Gasteiger partial charge in [-0.05, 0) is 65.1 Å². The molecule has 3 aromatic rings. The van der Waals surface area contributed by atoms with E-state index in [9.17, 15) is 5.11 Å². The van der Waals surface area contributed by atoms with Crippen molar-refractivity contribution >= 4 is 33.4 Å². The highest BCUT2D eigenvalue weighted by Crippen LogP contribution is 2.39. The van der Waals surface area contributed by atoms with Crippen molar-refractivity contribution in [1.29, 1.82) is 0 Å². The van der Waals surface area contributed by atoms with E-state index in [0.29, 0.717) is 5.88 Å². The van der Waals surface area contributed by atoms with E-state index in [1.807, 2.05) is 22.8 Å². The lowest BCUT2D eigenvalue weighted by Gasteiger charge is -2.28. The molecule has 0 aliphatic rings. The number of benzene rings is 2. The SMILES string of the molecule is CC(C)(C)c1cc(I)c2cn(C(C)(C)c3ccccc3)c(O)c2c1. The first-order valence-electron chi connectivity index (χ1n) is 8.22. The van der Waals surface area contributed by atoms with E-state index < -0.39 is 0 Å². The van der Waals surface area contributed by atoms with E-state index in [1.54, 1.807) is 0 Å². The zero-order chi connectivity index (χ0) is 17.7. The fourth-order valence-electron chi connectivity index (χ4n) is 3.10. The van der Waals surface area contributed by atoms with Crippen LogP contribution in [0.5, 0.6) is 5.88 Å². The van der Waals surface area contributed by atoms with Crippen LogP contribution in [0.25, 0.3) is 10.8 Å². The van der Waals surface area contributed by atoms with Gasteiger partial charge in [0.15, 0.2) is 5.88 Å². The summed E-state index contributed by atoms with van der Waals surface area (Å²) in [4.78, 5) is 0. The molecule has 2 nitrogen and oxygen atoms in total. The quantitative estimate of drug-likeness (QED) is 0.491. The summed E-state index contributed by atoms with van der Waals surface area (Å²) in [6.45, 7) is 10.9. The predicted octanol–water partition coefficient (Wildman–Crippen LogP) is 6.03. The van der Waals surface area contributed by atoms with Crippen molar-refractivity contribution in [2.75, 3.05) is 0 Å². The Bertz CT molecular complexity index is 886. The Balaban J connectivity index is 2.24. The van der Waals surface area contributed by atoms with Crippen LogP contribution in [0.3, 0.4) is 0 Å². The average Bonchev–Trinajstić information content (AvgIpc) is 2.86. The molecular formula is C21H24INO.